The number of nitro groups is 1. The molecule has 0 amide bonds. The SMILES string of the molecule is O=[N+]([O-])c1cccc(-c2ncc3c(n2)Cc2ccccc2-3)c1. The van der Waals surface area contributed by atoms with Crippen LogP contribution in [0.15, 0.2) is 54.7 Å². The fraction of sp³-hybridized carbons (Fsp3) is 0.0588. The first-order valence-corrected chi connectivity index (χ1v) is 6.91. The lowest BCUT2D eigenvalue weighted by Gasteiger charge is -2.03. The monoisotopic (exact) mass is 289 g/mol. The number of non-ortho nitro benzene ring substituents is 1. The van der Waals surface area contributed by atoms with E-state index in [4.69, 9.17) is 0 Å². The first-order chi connectivity index (χ1) is 10.7. The van der Waals surface area contributed by atoms with E-state index in [0.717, 1.165) is 17.7 Å². The highest BCUT2D eigenvalue weighted by Crippen LogP contribution is 2.35. The highest BCUT2D eigenvalue weighted by molar-refractivity contribution is 5.75. The van der Waals surface area contributed by atoms with Crippen LogP contribution in [-0.2, 0) is 6.42 Å². The van der Waals surface area contributed by atoms with Crippen molar-refractivity contribution in [3.63, 3.8) is 0 Å². The number of fused-ring (bicyclic) bond motifs is 3. The van der Waals surface area contributed by atoms with Crippen molar-refractivity contribution in [2.24, 2.45) is 0 Å². The average molecular weight is 289 g/mol. The van der Waals surface area contributed by atoms with Crippen LogP contribution in [0.5, 0.6) is 0 Å². The van der Waals surface area contributed by atoms with Crippen LogP contribution in [0.2, 0.25) is 0 Å². The summed E-state index contributed by atoms with van der Waals surface area (Å²) in [4.78, 5) is 19.5. The summed E-state index contributed by atoms with van der Waals surface area (Å²) in [7, 11) is 0. The van der Waals surface area contributed by atoms with Crippen LogP contribution in [0.4, 0.5) is 5.69 Å². The van der Waals surface area contributed by atoms with Crippen molar-refractivity contribution in [3.8, 4) is 22.5 Å². The van der Waals surface area contributed by atoms with Gasteiger partial charge in [-0.1, -0.05) is 36.4 Å². The van der Waals surface area contributed by atoms with Crippen molar-refractivity contribution in [3.05, 3.63) is 76.1 Å². The Balaban J connectivity index is 1.79. The predicted octanol–water partition coefficient (Wildman–Crippen LogP) is 3.62. The van der Waals surface area contributed by atoms with Gasteiger partial charge in [0.05, 0.1) is 10.6 Å². The highest BCUT2D eigenvalue weighted by Gasteiger charge is 2.20. The van der Waals surface area contributed by atoms with Crippen LogP contribution in [0.1, 0.15) is 11.3 Å². The molecule has 0 N–H and O–H groups in total. The van der Waals surface area contributed by atoms with Crippen molar-refractivity contribution in [2.75, 3.05) is 0 Å². The van der Waals surface area contributed by atoms with Crippen LogP contribution in [0.3, 0.4) is 0 Å². The number of aromatic nitrogens is 2. The normalized spacial score (nSPS) is 11.8. The van der Waals surface area contributed by atoms with Crippen molar-refractivity contribution in [1.29, 1.82) is 0 Å². The zero-order valence-corrected chi connectivity index (χ0v) is 11.6. The summed E-state index contributed by atoms with van der Waals surface area (Å²) in [5.74, 6) is 0.523. The fourth-order valence-corrected chi connectivity index (χ4v) is 2.79. The lowest BCUT2D eigenvalue weighted by molar-refractivity contribution is -0.384. The van der Waals surface area contributed by atoms with E-state index in [1.165, 1.54) is 23.3 Å². The summed E-state index contributed by atoms with van der Waals surface area (Å²) in [5, 5.41) is 10.9. The molecule has 0 radical (unpaired) electrons. The summed E-state index contributed by atoms with van der Waals surface area (Å²) >= 11 is 0. The van der Waals surface area contributed by atoms with Gasteiger partial charge in [-0.15, -0.1) is 0 Å². The molecule has 0 aliphatic heterocycles. The van der Waals surface area contributed by atoms with E-state index < -0.39 is 4.92 Å². The summed E-state index contributed by atoms with van der Waals surface area (Å²) in [6.07, 6.45) is 2.58. The standard InChI is InChI=1S/C17H11N3O2/c21-20(22)13-6-3-5-12(8-13)17-18-10-15-14-7-2-1-4-11(14)9-16(15)19-17/h1-8,10H,9H2. The van der Waals surface area contributed by atoms with E-state index in [0.29, 0.717) is 11.4 Å². The van der Waals surface area contributed by atoms with Crippen LogP contribution in [-0.4, -0.2) is 14.9 Å². The zero-order chi connectivity index (χ0) is 15.1. The summed E-state index contributed by atoms with van der Waals surface area (Å²) in [5.41, 5.74) is 5.13. The maximum atomic E-state index is 10.9. The number of hydrogen-bond donors (Lipinski definition) is 0. The first kappa shape index (κ1) is 12.6. The molecule has 1 aliphatic carbocycles. The van der Waals surface area contributed by atoms with Crippen molar-refractivity contribution >= 4 is 5.69 Å². The van der Waals surface area contributed by atoms with E-state index in [2.05, 4.69) is 22.1 Å². The molecule has 4 rings (SSSR count). The fourth-order valence-electron chi connectivity index (χ4n) is 2.79. The molecule has 22 heavy (non-hydrogen) atoms. The van der Waals surface area contributed by atoms with E-state index in [1.807, 2.05) is 18.3 Å². The van der Waals surface area contributed by atoms with Gasteiger partial charge in [-0.3, -0.25) is 10.1 Å². The molecule has 106 valence electrons. The molecule has 5 heteroatoms. The molecular weight excluding hydrogens is 278 g/mol. The Labute approximate surface area is 126 Å². The predicted molar refractivity (Wildman–Crippen MR) is 82.4 cm³/mol. The second-order valence-electron chi connectivity index (χ2n) is 5.20. The van der Waals surface area contributed by atoms with E-state index in [1.54, 1.807) is 12.1 Å². The van der Waals surface area contributed by atoms with Gasteiger partial charge in [0.25, 0.3) is 5.69 Å². The number of nitrogens with zero attached hydrogens (tertiary/aromatic N) is 3. The number of nitro benzene ring substituents is 1. The molecule has 3 aromatic rings. The molecule has 0 atom stereocenters. The first-order valence-electron chi connectivity index (χ1n) is 6.91. The van der Waals surface area contributed by atoms with Crippen molar-refractivity contribution in [2.45, 2.75) is 6.42 Å². The Kier molecular flexibility index (Phi) is 2.72. The number of rotatable bonds is 2. The molecule has 0 bridgehead atoms. The molecule has 1 aromatic heterocycles. The van der Waals surface area contributed by atoms with E-state index >= 15 is 0 Å². The zero-order valence-electron chi connectivity index (χ0n) is 11.6. The Morgan fingerprint density at radius 2 is 1.91 bits per heavy atom. The maximum absolute atomic E-state index is 10.9. The van der Waals surface area contributed by atoms with Crippen molar-refractivity contribution < 1.29 is 4.92 Å². The molecule has 0 spiro atoms. The molecule has 5 nitrogen and oxygen atoms in total. The van der Waals surface area contributed by atoms with Crippen LogP contribution < -0.4 is 0 Å². The molecular formula is C17H11N3O2. The smallest absolute Gasteiger partial charge is 0.258 e. The second kappa shape index (κ2) is 4.73. The van der Waals surface area contributed by atoms with Gasteiger partial charge in [-0.05, 0) is 11.1 Å². The lowest BCUT2D eigenvalue weighted by atomic mass is 10.1. The van der Waals surface area contributed by atoms with Crippen LogP contribution in [0.25, 0.3) is 22.5 Å². The van der Waals surface area contributed by atoms with Gasteiger partial charge in [0.1, 0.15) is 0 Å². The molecule has 1 aliphatic rings. The van der Waals surface area contributed by atoms with Crippen LogP contribution >= 0.6 is 0 Å². The molecule has 0 unspecified atom stereocenters. The van der Waals surface area contributed by atoms with Gasteiger partial charge in [0.15, 0.2) is 5.82 Å². The van der Waals surface area contributed by atoms with Gasteiger partial charge in [0.2, 0.25) is 0 Å². The molecule has 1 heterocycles. The summed E-state index contributed by atoms with van der Waals surface area (Å²) in [6.45, 7) is 0. The van der Waals surface area contributed by atoms with Crippen LogP contribution in [0, 0.1) is 10.1 Å². The topological polar surface area (TPSA) is 68.9 Å². The minimum absolute atomic E-state index is 0.0462. The van der Waals surface area contributed by atoms with Gasteiger partial charge >= 0.3 is 0 Å². The largest absolute Gasteiger partial charge is 0.270 e. The molecule has 0 saturated carbocycles. The minimum atomic E-state index is -0.410. The number of hydrogen-bond acceptors (Lipinski definition) is 4. The van der Waals surface area contributed by atoms with Gasteiger partial charge < -0.3 is 0 Å². The third kappa shape index (κ3) is 1.95. The Hall–Kier alpha value is -3.08. The highest BCUT2D eigenvalue weighted by atomic mass is 16.6. The Morgan fingerprint density at radius 3 is 2.77 bits per heavy atom. The van der Waals surface area contributed by atoms with Gasteiger partial charge in [-0.2, -0.15) is 0 Å². The van der Waals surface area contributed by atoms with Gasteiger partial charge in [0, 0.05) is 35.9 Å². The summed E-state index contributed by atoms with van der Waals surface area (Å²) in [6, 6.07) is 14.6. The second-order valence-corrected chi connectivity index (χ2v) is 5.20. The summed E-state index contributed by atoms with van der Waals surface area (Å²) < 4.78 is 0. The molecule has 2 aromatic carbocycles. The number of benzene rings is 2. The van der Waals surface area contributed by atoms with Crippen molar-refractivity contribution in [1.82, 2.24) is 9.97 Å². The lowest BCUT2D eigenvalue weighted by Crippen LogP contribution is -1.95. The third-order valence-electron chi connectivity index (χ3n) is 3.85. The minimum Gasteiger partial charge on any atom is -0.258 e. The van der Waals surface area contributed by atoms with E-state index in [-0.39, 0.29) is 5.69 Å². The Morgan fingerprint density at radius 1 is 1.05 bits per heavy atom. The maximum Gasteiger partial charge on any atom is 0.270 e. The quantitative estimate of drug-likeness (QED) is 0.417. The van der Waals surface area contributed by atoms with Gasteiger partial charge in [-0.25, -0.2) is 9.97 Å². The Bertz CT molecular complexity index is 906. The average Bonchev–Trinajstić information content (AvgIpc) is 2.92. The molecule has 0 fully saturated rings. The van der Waals surface area contributed by atoms with E-state index in [9.17, 15) is 10.1 Å². The molecule has 0 saturated heterocycles. The third-order valence-corrected chi connectivity index (χ3v) is 3.85.